The molecule has 5 nitrogen and oxygen atoms in total. The fourth-order valence-corrected chi connectivity index (χ4v) is 7.97. The molecule has 1 atom stereocenters. The molecule has 5 heteroatoms. The fraction of sp³-hybridized carbons (Fsp3) is 0.738. The number of ether oxygens (including phenoxy) is 2. The first-order valence-corrected chi connectivity index (χ1v) is 28.1. The minimum atomic E-state index is -0.779. The predicted octanol–water partition coefficient (Wildman–Crippen LogP) is 19.0. The van der Waals surface area contributed by atoms with E-state index in [-0.39, 0.29) is 25.2 Å². The summed E-state index contributed by atoms with van der Waals surface area (Å²) < 4.78 is 10.7. The van der Waals surface area contributed by atoms with Crippen molar-refractivity contribution in [1.29, 1.82) is 0 Å². The highest BCUT2D eigenvalue weighted by Crippen LogP contribution is 2.16. The number of allylic oxidation sites excluding steroid dienone is 14. The van der Waals surface area contributed by atoms with E-state index in [1.54, 1.807) is 0 Å². The third-order valence-electron chi connectivity index (χ3n) is 12.2. The Balaban J connectivity index is 3.44. The minimum absolute atomic E-state index is 0.0728. The number of rotatable bonds is 51. The smallest absolute Gasteiger partial charge is 0.306 e. The molecule has 0 aliphatic rings. The summed E-state index contributed by atoms with van der Waals surface area (Å²) >= 11 is 0. The van der Waals surface area contributed by atoms with Crippen LogP contribution in [0.2, 0.25) is 0 Å². The largest absolute Gasteiger partial charge is 0.462 e. The van der Waals surface area contributed by atoms with Gasteiger partial charge in [-0.1, -0.05) is 253 Å². The van der Waals surface area contributed by atoms with Gasteiger partial charge in [-0.3, -0.25) is 9.59 Å². The fourth-order valence-electron chi connectivity index (χ4n) is 7.97. The molecule has 1 N–H and O–H groups in total. The predicted molar refractivity (Wildman–Crippen MR) is 288 cm³/mol. The Hall–Kier alpha value is -2.92. The molecule has 0 bridgehead atoms. The minimum Gasteiger partial charge on any atom is -0.462 e. The second-order valence-electron chi connectivity index (χ2n) is 18.6. The van der Waals surface area contributed by atoms with E-state index in [4.69, 9.17) is 9.47 Å². The van der Waals surface area contributed by atoms with Crippen molar-refractivity contribution in [3.05, 3.63) is 85.1 Å². The van der Waals surface area contributed by atoms with E-state index in [1.165, 1.54) is 161 Å². The van der Waals surface area contributed by atoms with Crippen molar-refractivity contribution in [1.82, 2.24) is 0 Å². The van der Waals surface area contributed by atoms with E-state index in [1.807, 2.05) is 0 Å². The lowest BCUT2D eigenvalue weighted by molar-refractivity contribution is -0.161. The summed E-state index contributed by atoms with van der Waals surface area (Å²) in [5, 5.41) is 9.63. The van der Waals surface area contributed by atoms with Gasteiger partial charge in [-0.2, -0.15) is 0 Å². The Morgan fingerprint density at radius 1 is 0.364 bits per heavy atom. The molecule has 0 amide bonds. The molecule has 0 saturated carbocycles. The maximum absolute atomic E-state index is 12.3. The van der Waals surface area contributed by atoms with E-state index >= 15 is 0 Å². The number of hydrogen-bond donors (Lipinski definition) is 1. The standard InChI is InChI=1S/C61H106O5/c1-3-5-7-9-11-13-15-17-19-20-21-22-23-24-25-26-27-28-29-30-31-32-33-34-35-36-37-38-39-40-42-44-46-48-50-52-54-56-61(64)66-59(57-62)58-65-60(63)55-53-51-49-47-45-43-41-18-16-14-12-10-8-6-4-2/h5,7,11-14,17-19,21-22,24-25,41,59,62H,3-4,6,8-10,15-16,20,23,26-40,42-58H2,1-2H3/b7-5-,13-11-,14-12-,19-17-,22-21-,25-24-,41-18-. The Kier molecular flexibility index (Phi) is 53.9. The average molecular weight is 920 g/mol. The SMILES string of the molecule is CC/C=C\C/C=C\C/C=C\C/C=C\C/C=C\CCCCCCCCCCCCCCCCCCCCCCCC(=O)OC(CO)COC(=O)CCCCCCC/C=C\C/C=C\CCCCC. The van der Waals surface area contributed by atoms with Crippen LogP contribution in [0.1, 0.15) is 271 Å². The molecule has 0 aliphatic carbocycles. The first kappa shape index (κ1) is 63.1. The monoisotopic (exact) mass is 919 g/mol. The van der Waals surface area contributed by atoms with Crippen molar-refractivity contribution >= 4 is 11.9 Å². The van der Waals surface area contributed by atoms with Crippen LogP contribution in [0, 0.1) is 0 Å². The zero-order valence-electron chi connectivity index (χ0n) is 43.4. The number of carbonyl (C=O) groups excluding carboxylic acids is 2. The first-order chi connectivity index (χ1) is 32.6. The second kappa shape index (κ2) is 56.4. The molecule has 0 saturated heterocycles. The maximum atomic E-state index is 12.3. The van der Waals surface area contributed by atoms with Gasteiger partial charge < -0.3 is 14.6 Å². The highest BCUT2D eigenvalue weighted by molar-refractivity contribution is 5.70. The molecule has 0 aromatic carbocycles. The van der Waals surface area contributed by atoms with Gasteiger partial charge in [0.15, 0.2) is 6.10 Å². The van der Waals surface area contributed by atoms with Crippen LogP contribution >= 0.6 is 0 Å². The van der Waals surface area contributed by atoms with Gasteiger partial charge in [-0.15, -0.1) is 0 Å². The molecule has 0 heterocycles. The summed E-state index contributed by atoms with van der Waals surface area (Å²) in [6.07, 6.45) is 78.5. The summed E-state index contributed by atoms with van der Waals surface area (Å²) in [5.41, 5.74) is 0. The van der Waals surface area contributed by atoms with Crippen molar-refractivity contribution in [2.75, 3.05) is 13.2 Å². The van der Waals surface area contributed by atoms with Crippen molar-refractivity contribution in [3.8, 4) is 0 Å². The van der Waals surface area contributed by atoms with Crippen LogP contribution in [0.15, 0.2) is 85.1 Å². The van der Waals surface area contributed by atoms with Gasteiger partial charge in [-0.25, -0.2) is 0 Å². The molecular weight excluding hydrogens is 813 g/mol. The van der Waals surface area contributed by atoms with Crippen LogP contribution in [-0.4, -0.2) is 36.4 Å². The molecular formula is C61H106O5. The molecule has 0 spiro atoms. The van der Waals surface area contributed by atoms with Gasteiger partial charge in [-0.05, 0) is 89.9 Å². The lowest BCUT2D eigenvalue weighted by Gasteiger charge is -2.15. The number of esters is 2. The van der Waals surface area contributed by atoms with E-state index in [0.29, 0.717) is 12.8 Å². The van der Waals surface area contributed by atoms with Crippen LogP contribution in [-0.2, 0) is 19.1 Å². The summed E-state index contributed by atoms with van der Waals surface area (Å²) in [5.74, 6) is -0.600. The average Bonchev–Trinajstić information content (AvgIpc) is 3.32. The van der Waals surface area contributed by atoms with Gasteiger partial charge >= 0.3 is 11.9 Å². The van der Waals surface area contributed by atoms with E-state index in [9.17, 15) is 14.7 Å². The van der Waals surface area contributed by atoms with Crippen molar-refractivity contribution < 1.29 is 24.2 Å². The normalized spacial score (nSPS) is 12.8. The van der Waals surface area contributed by atoms with Crippen molar-refractivity contribution in [3.63, 3.8) is 0 Å². The maximum Gasteiger partial charge on any atom is 0.306 e. The molecule has 0 aromatic heterocycles. The topological polar surface area (TPSA) is 72.8 Å². The zero-order valence-corrected chi connectivity index (χ0v) is 43.4. The quantitative estimate of drug-likeness (QED) is 0.0374. The highest BCUT2D eigenvalue weighted by Gasteiger charge is 2.16. The first-order valence-electron chi connectivity index (χ1n) is 28.1. The lowest BCUT2D eigenvalue weighted by atomic mass is 10.0. The number of aliphatic hydroxyl groups excluding tert-OH is 1. The molecule has 380 valence electrons. The summed E-state index contributed by atoms with van der Waals surface area (Å²) in [7, 11) is 0. The molecule has 0 rings (SSSR count). The van der Waals surface area contributed by atoms with Crippen molar-refractivity contribution in [2.45, 2.75) is 277 Å². The molecule has 0 radical (unpaired) electrons. The van der Waals surface area contributed by atoms with Gasteiger partial charge in [0.2, 0.25) is 0 Å². The van der Waals surface area contributed by atoms with Gasteiger partial charge in [0.05, 0.1) is 6.61 Å². The Morgan fingerprint density at radius 3 is 0.985 bits per heavy atom. The van der Waals surface area contributed by atoms with Crippen LogP contribution in [0.3, 0.4) is 0 Å². The molecule has 0 aliphatic heterocycles. The van der Waals surface area contributed by atoms with Crippen molar-refractivity contribution in [2.24, 2.45) is 0 Å². The molecule has 66 heavy (non-hydrogen) atoms. The van der Waals surface area contributed by atoms with Crippen LogP contribution in [0.25, 0.3) is 0 Å². The second-order valence-corrected chi connectivity index (χ2v) is 18.6. The zero-order chi connectivity index (χ0) is 47.7. The summed E-state index contributed by atoms with van der Waals surface area (Å²) in [4.78, 5) is 24.4. The third kappa shape index (κ3) is 53.7. The lowest BCUT2D eigenvalue weighted by Crippen LogP contribution is -2.28. The van der Waals surface area contributed by atoms with Gasteiger partial charge in [0.1, 0.15) is 6.61 Å². The Bertz CT molecular complexity index is 1220. The van der Waals surface area contributed by atoms with Crippen LogP contribution in [0.4, 0.5) is 0 Å². The Morgan fingerprint density at radius 2 is 0.652 bits per heavy atom. The van der Waals surface area contributed by atoms with Gasteiger partial charge in [0.25, 0.3) is 0 Å². The number of aliphatic hydroxyl groups is 1. The molecule has 0 fully saturated rings. The van der Waals surface area contributed by atoms with E-state index < -0.39 is 6.10 Å². The van der Waals surface area contributed by atoms with Crippen LogP contribution < -0.4 is 0 Å². The molecule has 0 aromatic rings. The third-order valence-corrected chi connectivity index (χ3v) is 12.2. The number of hydrogen-bond acceptors (Lipinski definition) is 5. The number of carbonyl (C=O) groups is 2. The summed E-state index contributed by atoms with van der Waals surface area (Å²) in [6, 6.07) is 0. The summed E-state index contributed by atoms with van der Waals surface area (Å²) in [6.45, 7) is 4.00. The Labute approximate surface area is 409 Å². The van der Waals surface area contributed by atoms with E-state index in [2.05, 4.69) is 98.9 Å². The van der Waals surface area contributed by atoms with E-state index in [0.717, 1.165) is 83.5 Å². The highest BCUT2D eigenvalue weighted by atomic mass is 16.6. The number of unbranched alkanes of at least 4 members (excludes halogenated alkanes) is 29. The molecule has 1 unspecified atom stereocenters. The van der Waals surface area contributed by atoms with Crippen LogP contribution in [0.5, 0.6) is 0 Å². The van der Waals surface area contributed by atoms with Gasteiger partial charge in [0, 0.05) is 12.8 Å².